The summed E-state index contributed by atoms with van der Waals surface area (Å²) < 4.78 is 31.5. The first-order valence-corrected chi connectivity index (χ1v) is 7.27. The van der Waals surface area contributed by atoms with Gasteiger partial charge in [0.2, 0.25) is 10.0 Å². The number of methoxy groups -OCH3 is 1. The van der Waals surface area contributed by atoms with E-state index in [9.17, 15) is 8.42 Å². The predicted molar refractivity (Wildman–Crippen MR) is 77.9 cm³/mol. The van der Waals surface area contributed by atoms with Gasteiger partial charge in [0.25, 0.3) is 0 Å². The standard InChI is InChI=1S/C12H20N2O3S.ClH/c1-10(13)6-7-14-18(15,16)12-5-3-4-11(8-12)9-17-2;/h3-5,8,10,14H,6-7,9,13H2,1-2H3;1H. The van der Waals surface area contributed by atoms with Gasteiger partial charge in [-0.3, -0.25) is 0 Å². The highest BCUT2D eigenvalue weighted by Crippen LogP contribution is 2.12. The molecule has 0 amide bonds. The van der Waals surface area contributed by atoms with Crippen LogP contribution in [0.4, 0.5) is 0 Å². The molecule has 1 rings (SSSR count). The van der Waals surface area contributed by atoms with Crippen molar-refractivity contribution in [2.75, 3.05) is 13.7 Å². The second kappa shape index (κ2) is 8.50. The topological polar surface area (TPSA) is 81.4 Å². The largest absolute Gasteiger partial charge is 0.380 e. The number of halogens is 1. The van der Waals surface area contributed by atoms with Gasteiger partial charge in [0.05, 0.1) is 11.5 Å². The number of hydrogen-bond acceptors (Lipinski definition) is 4. The van der Waals surface area contributed by atoms with Gasteiger partial charge in [0, 0.05) is 19.7 Å². The van der Waals surface area contributed by atoms with Gasteiger partial charge in [-0.25, -0.2) is 13.1 Å². The molecule has 0 aliphatic heterocycles. The third-order valence-electron chi connectivity index (χ3n) is 2.41. The highest BCUT2D eigenvalue weighted by Gasteiger charge is 2.13. The Bertz CT molecular complexity index is 478. The predicted octanol–water partition coefficient (Wildman–Crippen LogP) is 1.27. The SMILES string of the molecule is COCc1cccc(S(=O)(=O)NCCC(C)N)c1.Cl. The Hall–Kier alpha value is -0.660. The zero-order valence-electron chi connectivity index (χ0n) is 11.1. The minimum Gasteiger partial charge on any atom is -0.380 e. The van der Waals surface area contributed by atoms with Crippen molar-refractivity contribution in [1.82, 2.24) is 4.72 Å². The number of benzene rings is 1. The molecule has 1 atom stereocenters. The quantitative estimate of drug-likeness (QED) is 0.795. The molecular formula is C12H21ClN2O3S. The Morgan fingerprint density at radius 3 is 2.68 bits per heavy atom. The summed E-state index contributed by atoms with van der Waals surface area (Å²) >= 11 is 0. The smallest absolute Gasteiger partial charge is 0.240 e. The third kappa shape index (κ3) is 6.35. The monoisotopic (exact) mass is 308 g/mol. The lowest BCUT2D eigenvalue weighted by Gasteiger charge is -2.09. The normalized spacial score (nSPS) is 12.8. The fourth-order valence-corrected chi connectivity index (χ4v) is 2.59. The van der Waals surface area contributed by atoms with Gasteiger partial charge in [-0.05, 0) is 31.0 Å². The van der Waals surface area contributed by atoms with E-state index >= 15 is 0 Å². The maximum Gasteiger partial charge on any atom is 0.240 e. The van der Waals surface area contributed by atoms with Gasteiger partial charge in [0.1, 0.15) is 0 Å². The fourth-order valence-electron chi connectivity index (χ4n) is 1.47. The van der Waals surface area contributed by atoms with E-state index in [-0.39, 0.29) is 23.3 Å². The Balaban J connectivity index is 0.00000324. The van der Waals surface area contributed by atoms with E-state index in [1.54, 1.807) is 25.3 Å². The number of nitrogens with two attached hydrogens (primary N) is 1. The molecule has 1 unspecified atom stereocenters. The second-order valence-electron chi connectivity index (χ2n) is 4.24. The summed E-state index contributed by atoms with van der Waals surface area (Å²) in [6.45, 7) is 2.57. The highest BCUT2D eigenvalue weighted by molar-refractivity contribution is 7.89. The molecule has 5 nitrogen and oxygen atoms in total. The summed E-state index contributed by atoms with van der Waals surface area (Å²) in [6.07, 6.45) is 0.608. The van der Waals surface area contributed by atoms with Crippen molar-refractivity contribution in [3.8, 4) is 0 Å². The zero-order chi connectivity index (χ0) is 13.6. The van der Waals surface area contributed by atoms with Crippen molar-refractivity contribution in [2.45, 2.75) is 30.9 Å². The van der Waals surface area contributed by atoms with Crippen molar-refractivity contribution in [3.05, 3.63) is 29.8 Å². The number of nitrogens with one attached hydrogen (secondary N) is 1. The lowest BCUT2D eigenvalue weighted by molar-refractivity contribution is 0.184. The molecule has 0 bridgehead atoms. The van der Waals surface area contributed by atoms with E-state index in [2.05, 4.69) is 4.72 Å². The summed E-state index contributed by atoms with van der Waals surface area (Å²) in [5.74, 6) is 0. The van der Waals surface area contributed by atoms with Crippen LogP contribution in [0.15, 0.2) is 29.2 Å². The van der Waals surface area contributed by atoms with Gasteiger partial charge in [-0.15, -0.1) is 12.4 Å². The summed E-state index contributed by atoms with van der Waals surface area (Å²) in [7, 11) is -1.89. The van der Waals surface area contributed by atoms with Gasteiger partial charge >= 0.3 is 0 Å². The molecule has 19 heavy (non-hydrogen) atoms. The van der Waals surface area contributed by atoms with E-state index < -0.39 is 10.0 Å². The number of ether oxygens (including phenoxy) is 1. The van der Waals surface area contributed by atoms with Crippen molar-refractivity contribution in [2.24, 2.45) is 5.73 Å². The lowest BCUT2D eigenvalue weighted by atomic mass is 10.2. The summed E-state index contributed by atoms with van der Waals surface area (Å²) in [4.78, 5) is 0.252. The molecule has 1 aromatic rings. The molecule has 0 aliphatic carbocycles. The van der Waals surface area contributed by atoms with Crippen molar-refractivity contribution in [3.63, 3.8) is 0 Å². The van der Waals surface area contributed by atoms with Crippen LogP contribution in [-0.2, 0) is 21.4 Å². The molecule has 0 radical (unpaired) electrons. The van der Waals surface area contributed by atoms with Crippen LogP contribution >= 0.6 is 12.4 Å². The molecule has 7 heteroatoms. The first kappa shape index (κ1) is 18.3. The summed E-state index contributed by atoms with van der Waals surface area (Å²) in [5, 5.41) is 0. The molecule has 0 aromatic heterocycles. The zero-order valence-corrected chi connectivity index (χ0v) is 12.8. The van der Waals surface area contributed by atoms with Gasteiger partial charge in [-0.1, -0.05) is 12.1 Å². The Morgan fingerprint density at radius 2 is 2.11 bits per heavy atom. The fraction of sp³-hybridized carbons (Fsp3) is 0.500. The molecule has 110 valence electrons. The van der Waals surface area contributed by atoms with Gasteiger partial charge < -0.3 is 10.5 Å². The van der Waals surface area contributed by atoms with Crippen LogP contribution in [0.3, 0.4) is 0 Å². The van der Waals surface area contributed by atoms with E-state index in [4.69, 9.17) is 10.5 Å². The molecule has 0 spiro atoms. The number of rotatable bonds is 7. The van der Waals surface area contributed by atoms with E-state index in [0.717, 1.165) is 5.56 Å². The second-order valence-corrected chi connectivity index (χ2v) is 6.01. The lowest BCUT2D eigenvalue weighted by Crippen LogP contribution is -2.29. The van der Waals surface area contributed by atoms with Crippen molar-refractivity contribution in [1.29, 1.82) is 0 Å². The average molecular weight is 309 g/mol. The van der Waals surface area contributed by atoms with Gasteiger partial charge in [0.15, 0.2) is 0 Å². The third-order valence-corrected chi connectivity index (χ3v) is 3.87. The molecule has 0 aliphatic rings. The van der Waals surface area contributed by atoms with Crippen LogP contribution in [0.25, 0.3) is 0 Å². The van der Waals surface area contributed by atoms with Crippen LogP contribution in [0.1, 0.15) is 18.9 Å². The molecule has 3 N–H and O–H groups in total. The van der Waals surface area contributed by atoms with Crippen molar-refractivity contribution >= 4 is 22.4 Å². The van der Waals surface area contributed by atoms with E-state index in [1.165, 1.54) is 0 Å². The molecule has 0 heterocycles. The van der Waals surface area contributed by atoms with Crippen molar-refractivity contribution < 1.29 is 13.2 Å². The maximum atomic E-state index is 12.0. The van der Waals surface area contributed by atoms with Crippen LogP contribution in [0, 0.1) is 0 Å². The van der Waals surface area contributed by atoms with Crippen LogP contribution in [0.2, 0.25) is 0 Å². The molecule has 0 fully saturated rings. The summed E-state index contributed by atoms with van der Waals surface area (Å²) in [5.41, 5.74) is 6.40. The van der Waals surface area contributed by atoms with Crippen LogP contribution < -0.4 is 10.5 Å². The maximum absolute atomic E-state index is 12.0. The van der Waals surface area contributed by atoms with Crippen LogP contribution in [0.5, 0.6) is 0 Å². The first-order chi connectivity index (χ1) is 8.45. The molecular weight excluding hydrogens is 288 g/mol. The Morgan fingerprint density at radius 1 is 1.42 bits per heavy atom. The first-order valence-electron chi connectivity index (χ1n) is 5.79. The number of hydrogen-bond donors (Lipinski definition) is 2. The van der Waals surface area contributed by atoms with E-state index in [0.29, 0.717) is 19.6 Å². The summed E-state index contributed by atoms with van der Waals surface area (Å²) in [6, 6.07) is 6.68. The van der Waals surface area contributed by atoms with E-state index in [1.807, 2.05) is 13.0 Å². The minimum absolute atomic E-state index is 0. The molecule has 1 aromatic carbocycles. The van der Waals surface area contributed by atoms with Crippen LogP contribution in [-0.4, -0.2) is 28.1 Å². The minimum atomic E-state index is -3.46. The number of sulfonamides is 1. The molecule has 0 saturated heterocycles. The molecule has 0 saturated carbocycles. The van der Waals surface area contributed by atoms with Gasteiger partial charge in [-0.2, -0.15) is 0 Å². The average Bonchev–Trinajstić information content (AvgIpc) is 2.29. The highest BCUT2D eigenvalue weighted by atomic mass is 35.5. The Labute approximate surface area is 121 Å². The Kier molecular flexibility index (Phi) is 8.20.